The van der Waals surface area contributed by atoms with Crippen LogP contribution in [-0.2, 0) is 6.54 Å². The Morgan fingerprint density at radius 3 is 2.90 bits per heavy atom. The fourth-order valence-electron chi connectivity index (χ4n) is 1.79. The average molecular weight is 364 g/mol. The highest BCUT2D eigenvalue weighted by Gasteiger charge is 2.06. The molecule has 3 nitrogen and oxygen atoms in total. The predicted molar refractivity (Wildman–Crippen MR) is 86.8 cm³/mol. The SMILES string of the molecule is Fc1cc(NCc2csc(-c3ccccn3)n2)ccc1Br. The lowest BCUT2D eigenvalue weighted by molar-refractivity contribution is 0.621. The maximum absolute atomic E-state index is 13.4. The summed E-state index contributed by atoms with van der Waals surface area (Å²) >= 11 is 4.68. The summed E-state index contributed by atoms with van der Waals surface area (Å²) in [5, 5.41) is 6.02. The third kappa shape index (κ3) is 3.46. The average Bonchev–Trinajstić information content (AvgIpc) is 2.98. The van der Waals surface area contributed by atoms with Crippen molar-refractivity contribution >= 4 is 33.0 Å². The molecule has 0 unspecified atom stereocenters. The Kier molecular flexibility index (Phi) is 4.26. The summed E-state index contributed by atoms with van der Waals surface area (Å²) in [5.41, 5.74) is 2.50. The zero-order chi connectivity index (χ0) is 14.7. The maximum atomic E-state index is 13.4. The number of thiazole rings is 1. The van der Waals surface area contributed by atoms with Crippen molar-refractivity contribution < 1.29 is 4.39 Å². The molecule has 1 aromatic carbocycles. The fraction of sp³-hybridized carbons (Fsp3) is 0.0667. The van der Waals surface area contributed by atoms with E-state index in [1.807, 2.05) is 29.6 Å². The first-order chi connectivity index (χ1) is 10.2. The summed E-state index contributed by atoms with van der Waals surface area (Å²) in [7, 11) is 0. The summed E-state index contributed by atoms with van der Waals surface area (Å²) in [4.78, 5) is 8.80. The largest absolute Gasteiger partial charge is 0.379 e. The number of nitrogens with one attached hydrogen (secondary N) is 1. The molecule has 1 N–H and O–H groups in total. The zero-order valence-corrected chi connectivity index (χ0v) is 13.3. The van der Waals surface area contributed by atoms with Crippen LogP contribution in [0.25, 0.3) is 10.7 Å². The molecule has 0 fully saturated rings. The van der Waals surface area contributed by atoms with Gasteiger partial charge in [0, 0.05) is 17.3 Å². The summed E-state index contributed by atoms with van der Waals surface area (Å²) in [6.07, 6.45) is 1.75. The second kappa shape index (κ2) is 6.32. The lowest BCUT2D eigenvalue weighted by atomic mass is 10.3. The van der Waals surface area contributed by atoms with Gasteiger partial charge in [0.05, 0.1) is 22.4 Å². The van der Waals surface area contributed by atoms with Crippen LogP contribution in [0.5, 0.6) is 0 Å². The predicted octanol–water partition coefficient (Wildman–Crippen LogP) is 4.72. The van der Waals surface area contributed by atoms with Gasteiger partial charge in [-0.25, -0.2) is 9.37 Å². The Morgan fingerprint density at radius 2 is 2.14 bits per heavy atom. The minimum Gasteiger partial charge on any atom is -0.379 e. The van der Waals surface area contributed by atoms with Crippen molar-refractivity contribution in [2.45, 2.75) is 6.54 Å². The van der Waals surface area contributed by atoms with Gasteiger partial charge >= 0.3 is 0 Å². The van der Waals surface area contributed by atoms with E-state index in [-0.39, 0.29) is 5.82 Å². The van der Waals surface area contributed by atoms with Crippen LogP contribution in [-0.4, -0.2) is 9.97 Å². The molecule has 0 aliphatic heterocycles. The first-order valence-electron chi connectivity index (χ1n) is 6.27. The molecule has 0 atom stereocenters. The normalized spacial score (nSPS) is 10.6. The molecule has 2 heterocycles. The van der Waals surface area contributed by atoms with Gasteiger partial charge in [-0.2, -0.15) is 0 Å². The van der Waals surface area contributed by atoms with E-state index in [2.05, 4.69) is 31.2 Å². The van der Waals surface area contributed by atoms with Crippen molar-refractivity contribution in [3.8, 4) is 10.7 Å². The summed E-state index contributed by atoms with van der Waals surface area (Å²) < 4.78 is 13.9. The number of hydrogen-bond acceptors (Lipinski definition) is 4. The Labute approximate surface area is 134 Å². The molecule has 0 aliphatic rings. The molecule has 6 heteroatoms. The van der Waals surface area contributed by atoms with E-state index in [0.29, 0.717) is 11.0 Å². The van der Waals surface area contributed by atoms with Gasteiger partial charge in [0.25, 0.3) is 0 Å². The number of anilines is 1. The van der Waals surface area contributed by atoms with Crippen LogP contribution in [0.1, 0.15) is 5.69 Å². The van der Waals surface area contributed by atoms with Crippen LogP contribution in [0.3, 0.4) is 0 Å². The van der Waals surface area contributed by atoms with Crippen LogP contribution >= 0.6 is 27.3 Å². The summed E-state index contributed by atoms with van der Waals surface area (Å²) in [5.74, 6) is -0.285. The van der Waals surface area contributed by atoms with Crippen LogP contribution in [0, 0.1) is 5.82 Å². The minimum absolute atomic E-state index is 0.285. The summed E-state index contributed by atoms with van der Waals surface area (Å²) in [6, 6.07) is 10.7. The molecular formula is C15H11BrFN3S. The van der Waals surface area contributed by atoms with E-state index < -0.39 is 0 Å². The molecule has 2 aromatic heterocycles. The number of benzene rings is 1. The van der Waals surface area contributed by atoms with Crippen LogP contribution in [0.4, 0.5) is 10.1 Å². The second-order valence-electron chi connectivity index (χ2n) is 4.34. The quantitative estimate of drug-likeness (QED) is 0.728. The van der Waals surface area contributed by atoms with Gasteiger partial charge in [-0.3, -0.25) is 4.98 Å². The molecule has 0 spiro atoms. The Bertz CT molecular complexity index is 746. The molecule has 106 valence electrons. The lowest BCUT2D eigenvalue weighted by Gasteiger charge is -2.05. The molecular weight excluding hydrogens is 353 g/mol. The molecule has 21 heavy (non-hydrogen) atoms. The van der Waals surface area contributed by atoms with E-state index >= 15 is 0 Å². The number of hydrogen-bond donors (Lipinski definition) is 1. The molecule has 0 saturated carbocycles. The summed E-state index contributed by atoms with van der Waals surface area (Å²) in [6.45, 7) is 0.546. The van der Waals surface area contributed by atoms with Gasteiger partial charge in [-0.15, -0.1) is 11.3 Å². The molecule has 3 rings (SSSR count). The molecule has 0 bridgehead atoms. The van der Waals surface area contributed by atoms with Crippen LogP contribution in [0.2, 0.25) is 0 Å². The Morgan fingerprint density at radius 1 is 1.24 bits per heavy atom. The maximum Gasteiger partial charge on any atom is 0.142 e. The minimum atomic E-state index is -0.285. The third-order valence-corrected chi connectivity index (χ3v) is 4.39. The number of rotatable bonds is 4. The topological polar surface area (TPSA) is 37.8 Å². The third-order valence-electron chi connectivity index (χ3n) is 2.83. The van der Waals surface area contributed by atoms with Gasteiger partial charge in [0.2, 0.25) is 0 Å². The number of halogens is 2. The standard InChI is InChI=1S/C15H11BrFN3S/c16-12-5-4-10(7-13(12)17)19-8-11-9-21-15(20-11)14-3-1-2-6-18-14/h1-7,9,19H,8H2. The van der Waals surface area contributed by atoms with E-state index in [1.165, 1.54) is 6.07 Å². The van der Waals surface area contributed by atoms with Gasteiger partial charge < -0.3 is 5.32 Å². The van der Waals surface area contributed by atoms with Gasteiger partial charge in [0.15, 0.2) is 0 Å². The van der Waals surface area contributed by atoms with Crippen LogP contribution in [0.15, 0.2) is 52.4 Å². The number of aromatic nitrogens is 2. The van der Waals surface area contributed by atoms with Crippen molar-refractivity contribution in [1.29, 1.82) is 0 Å². The van der Waals surface area contributed by atoms with E-state index in [0.717, 1.165) is 22.1 Å². The first kappa shape index (κ1) is 14.2. The molecule has 0 amide bonds. The Balaban J connectivity index is 1.69. The monoisotopic (exact) mass is 363 g/mol. The highest BCUT2D eigenvalue weighted by molar-refractivity contribution is 9.10. The Hall–Kier alpha value is -1.79. The molecule has 3 aromatic rings. The molecule has 0 aliphatic carbocycles. The van der Waals surface area contributed by atoms with E-state index in [4.69, 9.17) is 0 Å². The number of nitrogens with zero attached hydrogens (tertiary/aromatic N) is 2. The molecule has 0 radical (unpaired) electrons. The van der Waals surface area contributed by atoms with Crippen molar-refractivity contribution in [3.63, 3.8) is 0 Å². The second-order valence-corrected chi connectivity index (χ2v) is 6.05. The van der Waals surface area contributed by atoms with E-state index in [9.17, 15) is 4.39 Å². The van der Waals surface area contributed by atoms with E-state index in [1.54, 1.807) is 23.6 Å². The zero-order valence-electron chi connectivity index (χ0n) is 10.9. The van der Waals surface area contributed by atoms with Crippen LogP contribution < -0.4 is 5.32 Å². The van der Waals surface area contributed by atoms with Gasteiger partial charge in [-0.1, -0.05) is 6.07 Å². The fourth-order valence-corrected chi connectivity index (χ4v) is 2.84. The van der Waals surface area contributed by atoms with Gasteiger partial charge in [0.1, 0.15) is 10.8 Å². The lowest BCUT2D eigenvalue weighted by Crippen LogP contribution is -2.00. The highest BCUT2D eigenvalue weighted by atomic mass is 79.9. The number of pyridine rings is 1. The van der Waals surface area contributed by atoms with Crippen molar-refractivity contribution in [2.24, 2.45) is 0 Å². The van der Waals surface area contributed by atoms with Crippen molar-refractivity contribution in [2.75, 3.05) is 5.32 Å². The van der Waals surface area contributed by atoms with Crippen molar-refractivity contribution in [3.05, 3.63) is 64.0 Å². The van der Waals surface area contributed by atoms with Crippen molar-refractivity contribution in [1.82, 2.24) is 9.97 Å². The highest BCUT2D eigenvalue weighted by Crippen LogP contribution is 2.23. The molecule has 0 saturated heterocycles. The first-order valence-corrected chi connectivity index (χ1v) is 7.94. The smallest absolute Gasteiger partial charge is 0.142 e. The van der Waals surface area contributed by atoms with Gasteiger partial charge in [-0.05, 0) is 46.3 Å².